The summed E-state index contributed by atoms with van der Waals surface area (Å²) < 4.78 is 4.97. The van der Waals surface area contributed by atoms with Crippen LogP contribution in [0.2, 0.25) is 0 Å². The smallest absolute Gasteiger partial charge is 0.200 e. The minimum Gasteiger partial charge on any atom is -0.504 e. The van der Waals surface area contributed by atoms with Crippen molar-refractivity contribution in [2.24, 2.45) is 5.10 Å². The molecule has 4 N–H and O–H groups in total. The van der Waals surface area contributed by atoms with Gasteiger partial charge in [0.2, 0.25) is 5.75 Å². The molecule has 0 amide bonds. The standard InChI is InChI=1S/C17H19N3O3S/c1-10-5-4-6-13(11(10)2)19-17(24)20-18-9-12-7-14(21)16(22)15(8-12)23-3/h4-9,21-22H,1-3H3,(H2,19,20,24)/b18-9+. The van der Waals surface area contributed by atoms with Crippen molar-refractivity contribution in [3.8, 4) is 17.2 Å². The van der Waals surface area contributed by atoms with Gasteiger partial charge < -0.3 is 20.3 Å². The Morgan fingerprint density at radius 2 is 2.00 bits per heavy atom. The average molecular weight is 345 g/mol. The van der Waals surface area contributed by atoms with Crippen molar-refractivity contribution in [2.75, 3.05) is 12.4 Å². The van der Waals surface area contributed by atoms with Crippen molar-refractivity contribution in [3.05, 3.63) is 47.0 Å². The van der Waals surface area contributed by atoms with Crippen molar-refractivity contribution in [1.29, 1.82) is 0 Å². The molecular weight excluding hydrogens is 326 g/mol. The lowest BCUT2D eigenvalue weighted by Gasteiger charge is -2.11. The van der Waals surface area contributed by atoms with Gasteiger partial charge in [-0.3, -0.25) is 5.43 Å². The van der Waals surface area contributed by atoms with Crippen molar-refractivity contribution < 1.29 is 14.9 Å². The Labute approximate surface area is 145 Å². The molecule has 0 spiro atoms. The van der Waals surface area contributed by atoms with E-state index in [4.69, 9.17) is 17.0 Å². The molecule has 2 rings (SSSR count). The summed E-state index contributed by atoms with van der Waals surface area (Å²) in [6, 6.07) is 8.82. The number of methoxy groups -OCH3 is 1. The molecule has 0 fully saturated rings. The van der Waals surface area contributed by atoms with Crippen LogP contribution in [0.4, 0.5) is 5.69 Å². The Morgan fingerprint density at radius 1 is 1.25 bits per heavy atom. The van der Waals surface area contributed by atoms with Gasteiger partial charge in [0.25, 0.3) is 0 Å². The molecule has 2 aromatic rings. The number of hydrogen-bond donors (Lipinski definition) is 4. The van der Waals surface area contributed by atoms with Gasteiger partial charge in [-0.05, 0) is 55.4 Å². The van der Waals surface area contributed by atoms with E-state index in [0.717, 1.165) is 16.8 Å². The maximum absolute atomic E-state index is 9.62. The summed E-state index contributed by atoms with van der Waals surface area (Å²) >= 11 is 5.20. The van der Waals surface area contributed by atoms with Gasteiger partial charge in [0.05, 0.1) is 13.3 Å². The number of hydrazone groups is 1. The number of rotatable bonds is 4. The third-order valence-electron chi connectivity index (χ3n) is 3.53. The minimum atomic E-state index is -0.310. The molecule has 0 aliphatic heterocycles. The fourth-order valence-corrected chi connectivity index (χ4v) is 2.21. The molecule has 24 heavy (non-hydrogen) atoms. The number of phenols is 2. The SMILES string of the molecule is COc1cc(/C=N/NC(=S)Nc2cccc(C)c2C)cc(O)c1O. The van der Waals surface area contributed by atoms with Crippen molar-refractivity contribution in [1.82, 2.24) is 5.43 Å². The Bertz CT molecular complexity index is 791. The molecule has 0 aliphatic rings. The Hall–Kier alpha value is -2.80. The van der Waals surface area contributed by atoms with Crippen molar-refractivity contribution in [2.45, 2.75) is 13.8 Å². The van der Waals surface area contributed by atoms with Crippen molar-refractivity contribution in [3.63, 3.8) is 0 Å². The highest BCUT2D eigenvalue weighted by Gasteiger charge is 2.08. The second-order valence-corrected chi connectivity index (χ2v) is 5.57. The first kappa shape index (κ1) is 17.6. The topological polar surface area (TPSA) is 86.1 Å². The Morgan fingerprint density at radius 3 is 2.71 bits per heavy atom. The first-order chi connectivity index (χ1) is 11.4. The predicted molar refractivity (Wildman–Crippen MR) is 99.2 cm³/mol. The molecule has 0 aromatic heterocycles. The van der Waals surface area contributed by atoms with E-state index in [1.807, 2.05) is 32.0 Å². The maximum Gasteiger partial charge on any atom is 0.200 e. The molecule has 0 aliphatic carbocycles. The number of phenolic OH excluding ortho intramolecular Hbond substituents is 2. The maximum atomic E-state index is 9.62. The lowest BCUT2D eigenvalue weighted by atomic mass is 10.1. The molecule has 0 saturated heterocycles. The van der Waals surface area contributed by atoms with E-state index < -0.39 is 0 Å². The number of ether oxygens (including phenoxy) is 1. The number of nitrogens with zero attached hydrogens (tertiary/aromatic N) is 1. The van der Waals surface area contributed by atoms with Gasteiger partial charge in [-0.15, -0.1) is 0 Å². The van der Waals surface area contributed by atoms with E-state index >= 15 is 0 Å². The van der Waals surface area contributed by atoms with Gasteiger partial charge in [0.15, 0.2) is 16.6 Å². The highest BCUT2D eigenvalue weighted by Crippen LogP contribution is 2.35. The van der Waals surface area contributed by atoms with Gasteiger partial charge in [-0.1, -0.05) is 12.1 Å². The largest absolute Gasteiger partial charge is 0.504 e. The second kappa shape index (κ2) is 7.65. The van der Waals surface area contributed by atoms with E-state index in [-0.39, 0.29) is 17.2 Å². The number of thiocarbonyl (C=S) groups is 1. The van der Waals surface area contributed by atoms with Gasteiger partial charge in [-0.25, -0.2) is 0 Å². The minimum absolute atomic E-state index is 0.160. The number of hydrogen-bond acceptors (Lipinski definition) is 5. The monoisotopic (exact) mass is 345 g/mol. The van der Waals surface area contributed by atoms with E-state index in [1.54, 1.807) is 6.07 Å². The number of anilines is 1. The second-order valence-electron chi connectivity index (χ2n) is 5.16. The Kier molecular flexibility index (Phi) is 5.59. The lowest BCUT2D eigenvalue weighted by molar-refractivity contribution is 0.351. The van der Waals surface area contributed by atoms with Gasteiger partial charge >= 0.3 is 0 Å². The Balaban J connectivity index is 2.02. The first-order valence-corrected chi connectivity index (χ1v) is 7.59. The van der Waals surface area contributed by atoms with Crippen LogP contribution >= 0.6 is 12.2 Å². The van der Waals surface area contributed by atoms with Crippen LogP contribution in [0.5, 0.6) is 17.2 Å². The summed E-state index contributed by atoms with van der Waals surface area (Å²) in [7, 11) is 1.40. The zero-order chi connectivity index (χ0) is 17.7. The number of aryl methyl sites for hydroxylation is 1. The number of nitrogens with one attached hydrogen (secondary N) is 2. The van der Waals surface area contributed by atoms with E-state index in [2.05, 4.69) is 15.8 Å². The van der Waals surface area contributed by atoms with Crippen LogP contribution < -0.4 is 15.5 Å². The summed E-state index contributed by atoms with van der Waals surface area (Å²) in [5, 5.41) is 26.6. The van der Waals surface area contributed by atoms with E-state index in [9.17, 15) is 10.2 Å². The van der Waals surface area contributed by atoms with Crippen LogP contribution in [0.3, 0.4) is 0 Å². The highest BCUT2D eigenvalue weighted by atomic mass is 32.1. The molecule has 0 heterocycles. The molecular formula is C17H19N3O3S. The van der Waals surface area contributed by atoms with Crippen LogP contribution in [-0.4, -0.2) is 28.6 Å². The summed E-state index contributed by atoms with van der Waals surface area (Å²) in [5.74, 6) is -0.436. The quantitative estimate of drug-likeness (QED) is 0.295. The molecule has 0 saturated carbocycles. The summed E-state index contributed by atoms with van der Waals surface area (Å²) in [5.41, 5.74) is 6.43. The molecule has 126 valence electrons. The average Bonchev–Trinajstić information content (AvgIpc) is 2.55. The summed E-state index contributed by atoms with van der Waals surface area (Å²) in [4.78, 5) is 0. The highest BCUT2D eigenvalue weighted by molar-refractivity contribution is 7.80. The molecule has 2 aromatic carbocycles. The molecule has 0 radical (unpaired) electrons. The zero-order valence-electron chi connectivity index (χ0n) is 13.6. The van der Waals surface area contributed by atoms with E-state index in [1.165, 1.54) is 19.4 Å². The fourth-order valence-electron chi connectivity index (χ4n) is 2.05. The normalized spacial score (nSPS) is 10.6. The van der Waals surface area contributed by atoms with Crippen molar-refractivity contribution >= 4 is 29.2 Å². The third kappa shape index (κ3) is 4.14. The predicted octanol–water partition coefficient (Wildman–Crippen LogP) is 3.04. The lowest BCUT2D eigenvalue weighted by Crippen LogP contribution is -2.24. The number of aromatic hydroxyl groups is 2. The summed E-state index contributed by atoms with van der Waals surface area (Å²) in [6.45, 7) is 4.04. The van der Waals surface area contributed by atoms with Gasteiger partial charge in [0, 0.05) is 11.3 Å². The fraction of sp³-hybridized carbons (Fsp3) is 0.176. The van der Waals surface area contributed by atoms with Gasteiger partial charge in [0.1, 0.15) is 0 Å². The van der Waals surface area contributed by atoms with Crippen LogP contribution in [0.1, 0.15) is 16.7 Å². The zero-order valence-corrected chi connectivity index (χ0v) is 14.4. The van der Waals surface area contributed by atoms with Crippen LogP contribution in [0, 0.1) is 13.8 Å². The molecule has 7 heteroatoms. The van der Waals surface area contributed by atoms with Crippen LogP contribution in [0.25, 0.3) is 0 Å². The summed E-state index contributed by atoms with van der Waals surface area (Å²) in [6.07, 6.45) is 1.46. The number of benzene rings is 2. The molecule has 0 unspecified atom stereocenters. The van der Waals surface area contributed by atoms with Gasteiger partial charge in [-0.2, -0.15) is 5.10 Å². The van der Waals surface area contributed by atoms with E-state index in [0.29, 0.717) is 10.7 Å². The first-order valence-electron chi connectivity index (χ1n) is 7.18. The third-order valence-corrected chi connectivity index (χ3v) is 3.72. The van der Waals surface area contributed by atoms with Crippen LogP contribution in [0.15, 0.2) is 35.4 Å². The van der Waals surface area contributed by atoms with Crippen LogP contribution in [-0.2, 0) is 0 Å². The molecule has 0 bridgehead atoms. The molecule has 6 nitrogen and oxygen atoms in total. The molecule has 0 atom stereocenters.